The summed E-state index contributed by atoms with van der Waals surface area (Å²) in [6.45, 7) is 0. The molecule has 0 atom stereocenters. The van der Waals surface area contributed by atoms with Crippen LogP contribution in [0.3, 0.4) is 0 Å². The highest BCUT2D eigenvalue weighted by Crippen LogP contribution is 2.28. The van der Waals surface area contributed by atoms with Crippen LogP contribution in [0.2, 0.25) is 0 Å². The minimum atomic E-state index is -0.233. The van der Waals surface area contributed by atoms with E-state index in [9.17, 15) is 4.79 Å². The lowest BCUT2D eigenvalue weighted by atomic mass is 10.1. The third-order valence-electron chi connectivity index (χ3n) is 4.54. The number of benzene rings is 1. The number of rotatable bonds is 4. The summed E-state index contributed by atoms with van der Waals surface area (Å²) >= 11 is 0. The fourth-order valence-electron chi connectivity index (χ4n) is 3.16. The molecular weight excluding hydrogens is 370 g/mol. The number of nitrogens with one attached hydrogen (secondary N) is 3. The number of pyridine rings is 2. The van der Waals surface area contributed by atoms with Gasteiger partial charge in [-0.15, -0.1) is 0 Å². The Morgan fingerprint density at radius 2 is 1.93 bits per heavy atom. The molecule has 0 amide bonds. The zero-order valence-electron chi connectivity index (χ0n) is 15.3. The van der Waals surface area contributed by atoms with E-state index in [1.807, 2.05) is 24.3 Å². The Morgan fingerprint density at radius 1 is 1.00 bits per heavy atom. The molecule has 0 unspecified atom stereocenters. The van der Waals surface area contributed by atoms with Crippen LogP contribution in [0.15, 0.2) is 59.9 Å². The van der Waals surface area contributed by atoms with Crippen molar-refractivity contribution < 1.29 is 4.74 Å². The first-order valence-corrected chi connectivity index (χ1v) is 8.80. The maximum atomic E-state index is 12.5. The Balaban J connectivity index is 1.68. The molecule has 9 nitrogen and oxygen atoms in total. The third-order valence-corrected chi connectivity index (χ3v) is 4.54. The van der Waals surface area contributed by atoms with Crippen molar-refractivity contribution in [1.82, 2.24) is 30.1 Å². The number of aromatic amines is 2. The zero-order valence-corrected chi connectivity index (χ0v) is 15.3. The van der Waals surface area contributed by atoms with Crippen LogP contribution in [0.4, 0.5) is 11.5 Å². The van der Waals surface area contributed by atoms with Crippen molar-refractivity contribution in [1.29, 1.82) is 0 Å². The first-order valence-electron chi connectivity index (χ1n) is 8.80. The smallest absolute Gasteiger partial charge is 0.259 e. The molecule has 5 rings (SSSR count). The average Bonchev–Trinajstić information content (AvgIpc) is 3.21. The largest absolute Gasteiger partial charge is 0.480 e. The maximum absolute atomic E-state index is 12.5. The number of ether oxygens (including phenoxy) is 1. The lowest BCUT2D eigenvalue weighted by Crippen LogP contribution is -2.09. The first kappa shape index (κ1) is 16.9. The van der Waals surface area contributed by atoms with Gasteiger partial charge in [-0.25, -0.2) is 9.97 Å². The van der Waals surface area contributed by atoms with Gasteiger partial charge in [-0.1, -0.05) is 0 Å². The van der Waals surface area contributed by atoms with Gasteiger partial charge >= 0.3 is 0 Å². The molecule has 0 saturated heterocycles. The molecule has 29 heavy (non-hydrogen) atoms. The van der Waals surface area contributed by atoms with Crippen LogP contribution in [-0.2, 0) is 0 Å². The number of hydrogen-bond acceptors (Lipinski definition) is 7. The van der Waals surface area contributed by atoms with Crippen LogP contribution in [0.1, 0.15) is 0 Å². The van der Waals surface area contributed by atoms with Crippen molar-refractivity contribution in [3.8, 4) is 17.3 Å². The second kappa shape index (κ2) is 6.71. The van der Waals surface area contributed by atoms with Gasteiger partial charge in [-0.2, -0.15) is 5.10 Å². The van der Waals surface area contributed by atoms with Gasteiger partial charge in [0.05, 0.1) is 42.3 Å². The van der Waals surface area contributed by atoms with E-state index in [0.29, 0.717) is 28.5 Å². The maximum Gasteiger partial charge on any atom is 0.259 e. The van der Waals surface area contributed by atoms with Crippen molar-refractivity contribution in [2.75, 3.05) is 12.4 Å². The normalized spacial score (nSPS) is 11.1. The molecular formula is C20H15N7O2. The van der Waals surface area contributed by atoms with Gasteiger partial charge in [0.25, 0.3) is 5.56 Å². The van der Waals surface area contributed by atoms with E-state index in [4.69, 9.17) is 4.74 Å². The lowest BCUT2D eigenvalue weighted by Gasteiger charge is -2.11. The first-order chi connectivity index (χ1) is 14.2. The van der Waals surface area contributed by atoms with Gasteiger partial charge in [0, 0.05) is 17.3 Å². The summed E-state index contributed by atoms with van der Waals surface area (Å²) in [5.41, 5.74) is 2.53. The Bertz CT molecular complexity index is 1410. The van der Waals surface area contributed by atoms with Crippen LogP contribution in [-0.4, -0.2) is 37.2 Å². The number of fused-ring (bicyclic) bond motifs is 2. The summed E-state index contributed by atoms with van der Waals surface area (Å²) in [6.07, 6.45) is 6.48. The lowest BCUT2D eigenvalue weighted by molar-refractivity contribution is 0.396. The Hall–Kier alpha value is -4.27. The number of aromatic nitrogens is 6. The fourth-order valence-corrected chi connectivity index (χ4v) is 3.16. The highest BCUT2D eigenvalue weighted by molar-refractivity contribution is 5.95. The van der Waals surface area contributed by atoms with Crippen molar-refractivity contribution in [3.63, 3.8) is 0 Å². The summed E-state index contributed by atoms with van der Waals surface area (Å²) in [6, 6.07) is 9.37. The van der Waals surface area contributed by atoms with Gasteiger partial charge in [0.1, 0.15) is 11.5 Å². The van der Waals surface area contributed by atoms with E-state index >= 15 is 0 Å². The monoisotopic (exact) mass is 385 g/mol. The van der Waals surface area contributed by atoms with E-state index in [1.54, 1.807) is 24.7 Å². The van der Waals surface area contributed by atoms with Gasteiger partial charge in [0.2, 0.25) is 5.88 Å². The fraction of sp³-hybridized carbons (Fsp3) is 0.0500. The molecule has 4 heterocycles. The van der Waals surface area contributed by atoms with E-state index < -0.39 is 0 Å². The van der Waals surface area contributed by atoms with Crippen LogP contribution in [0, 0.1) is 0 Å². The van der Waals surface area contributed by atoms with Crippen LogP contribution in [0.5, 0.6) is 5.88 Å². The van der Waals surface area contributed by atoms with Gasteiger partial charge in [-0.05, 0) is 35.7 Å². The number of anilines is 2. The van der Waals surface area contributed by atoms with Crippen molar-refractivity contribution in [2.45, 2.75) is 0 Å². The number of hydrogen-bond donors (Lipinski definition) is 3. The van der Waals surface area contributed by atoms with Gasteiger partial charge < -0.3 is 15.0 Å². The van der Waals surface area contributed by atoms with Crippen LogP contribution in [0.25, 0.3) is 33.1 Å². The summed E-state index contributed by atoms with van der Waals surface area (Å²) < 4.78 is 5.16. The molecule has 4 aromatic heterocycles. The minimum absolute atomic E-state index is 0.233. The molecule has 0 bridgehead atoms. The van der Waals surface area contributed by atoms with E-state index in [-0.39, 0.29) is 5.56 Å². The summed E-state index contributed by atoms with van der Waals surface area (Å²) in [5.74, 6) is 0.803. The Kier molecular flexibility index (Phi) is 3.91. The summed E-state index contributed by atoms with van der Waals surface area (Å²) in [5, 5.41) is 12.4. The molecule has 0 spiro atoms. The molecule has 0 radical (unpaired) electrons. The molecule has 5 aromatic rings. The molecule has 0 aliphatic rings. The van der Waals surface area contributed by atoms with Crippen LogP contribution < -0.4 is 15.6 Å². The Morgan fingerprint density at radius 3 is 2.83 bits per heavy atom. The Labute approximate surface area is 163 Å². The summed E-state index contributed by atoms with van der Waals surface area (Å²) in [4.78, 5) is 28.4. The quantitative estimate of drug-likeness (QED) is 0.435. The number of nitrogens with zero attached hydrogens (tertiary/aromatic N) is 4. The molecule has 0 aliphatic carbocycles. The second-order valence-electron chi connectivity index (χ2n) is 6.37. The van der Waals surface area contributed by atoms with Crippen molar-refractivity contribution in [3.05, 3.63) is 65.5 Å². The minimum Gasteiger partial charge on any atom is -0.480 e. The van der Waals surface area contributed by atoms with Gasteiger partial charge in [0.15, 0.2) is 0 Å². The van der Waals surface area contributed by atoms with E-state index in [1.165, 1.54) is 13.3 Å². The van der Waals surface area contributed by atoms with Crippen LogP contribution >= 0.6 is 0 Å². The van der Waals surface area contributed by atoms with E-state index in [2.05, 4.69) is 35.5 Å². The molecule has 0 fully saturated rings. The average molecular weight is 385 g/mol. The molecule has 9 heteroatoms. The molecule has 142 valence electrons. The number of methoxy groups -OCH3 is 1. The van der Waals surface area contributed by atoms with E-state index in [0.717, 1.165) is 22.0 Å². The predicted octanol–water partition coefficient (Wildman–Crippen LogP) is 3.01. The standard InChI is InChI=1S/C20H15N7O2/c1-29-17-10-21-9-16(25-17)15-6-11-4-5-22-20(28)18(11)19(26-15)24-13-3-2-12-8-23-27-14(12)7-13/h2-10H,1H3,(H,22,28)(H,23,27)(H,24,26). The highest BCUT2D eigenvalue weighted by Gasteiger charge is 2.13. The summed E-state index contributed by atoms with van der Waals surface area (Å²) in [7, 11) is 1.53. The number of H-pyrrole nitrogens is 2. The second-order valence-corrected chi connectivity index (χ2v) is 6.37. The molecule has 1 aromatic carbocycles. The van der Waals surface area contributed by atoms with Crippen molar-refractivity contribution in [2.24, 2.45) is 0 Å². The highest BCUT2D eigenvalue weighted by atomic mass is 16.5. The van der Waals surface area contributed by atoms with Crippen molar-refractivity contribution >= 4 is 33.2 Å². The third kappa shape index (κ3) is 3.04. The zero-order chi connectivity index (χ0) is 19.8. The topological polar surface area (TPSA) is 121 Å². The van der Waals surface area contributed by atoms with Gasteiger partial charge in [-0.3, -0.25) is 14.9 Å². The molecule has 0 saturated carbocycles. The predicted molar refractivity (Wildman–Crippen MR) is 109 cm³/mol. The molecule has 3 N–H and O–H groups in total. The molecule has 0 aliphatic heterocycles. The SMILES string of the molecule is COc1cncc(-c2cc3cc[nH]c(=O)c3c(Nc3ccc4cn[nH]c4c3)n2)n1.